The minimum atomic E-state index is -3.99. The average molecular weight is 471 g/mol. The minimum absolute atomic E-state index is 0.0501. The molecule has 2 rings (SSSR count). The van der Waals surface area contributed by atoms with Gasteiger partial charge in [-0.05, 0) is 54.8 Å². The number of hydrogen-bond donors (Lipinski definition) is 1. The second-order valence-corrected chi connectivity index (χ2v) is 9.90. The fourth-order valence-electron chi connectivity index (χ4n) is 3.07. The summed E-state index contributed by atoms with van der Waals surface area (Å²) in [5, 5.41) is 3.70. The fourth-order valence-corrected chi connectivity index (χ4v) is 4.79. The van der Waals surface area contributed by atoms with E-state index in [-0.39, 0.29) is 17.3 Å². The van der Waals surface area contributed by atoms with Crippen LogP contribution in [0.15, 0.2) is 53.4 Å². The highest BCUT2D eigenvalue weighted by Gasteiger charge is 2.27. The molecule has 2 aromatic carbocycles. The van der Waals surface area contributed by atoms with Crippen molar-refractivity contribution in [1.29, 1.82) is 0 Å². The van der Waals surface area contributed by atoms with Crippen molar-refractivity contribution >= 4 is 44.8 Å². The number of carbonyl (C=O) groups excluding carboxylic acids is 1. The lowest BCUT2D eigenvalue weighted by atomic mass is 9.99. The molecule has 0 aliphatic heterocycles. The number of unbranched alkanes of at least 4 members (excludes halogenated alkanes) is 1. The van der Waals surface area contributed by atoms with Crippen LogP contribution >= 0.6 is 23.2 Å². The summed E-state index contributed by atoms with van der Waals surface area (Å²) in [6.45, 7) is 4.42. The molecule has 30 heavy (non-hydrogen) atoms. The molecular weight excluding hydrogens is 443 g/mol. The summed E-state index contributed by atoms with van der Waals surface area (Å²) in [6.07, 6.45) is 4.20. The van der Waals surface area contributed by atoms with Crippen LogP contribution in [-0.4, -0.2) is 27.4 Å². The predicted octanol–water partition coefficient (Wildman–Crippen LogP) is 5.52. The van der Waals surface area contributed by atoms with Crippen molar-refractivity contribution in [3.63, 3.8) is 0 Å². The summed E-state index contributed by atoms with van der Waals surface area (Å²) in [6, 6.07) is 12.3. The number of amides is 1. The van der Waals surface area contributed by atoms with E-state index in [1.54, 1.807) is 18.2 Å². The van der Waals surface area contributed by atoms with Crippen molar-refractivity contribution in [3.8, 4) is 0 Å². The Kier molecular flexibility index (Phi) is 9.46. The van der Waals surface area contributed by atoms with Crippen molar-refractivity contribution in [2.75, 3.05) is 17.4 Å². The summed E-state index contributed by atoms with van der Waals surface area (Å²) >= 11 is 12.0. The Morgan fingerprint density at radius 1 is 1.07 bits per heavy atom. The molecule has 0 aliphatic rings. The lowest BCUT2D eigenvalue weighted by Gasteiger charge is -2.25. The number of halogens is 2. The number of nitrogens with one attached hydrogen (secondary N) is 1. The quantitative estimate of drug-likeness (QED) is 0.469. The van der Waals surface area contributed by atoms with Gasteiger partial charge in [-0.1, -0.05) is 62.4 Å². The first-order chi connectivity index (χ1) is 14.3. The van der Waals surface area contributed by atoms with E-state index in [1.165, 1.54) is 30.3 Å². The molecule has 0 saturated carbocycles. The Balaban J connectivity index is 2.24. The fraction of sp³-hybridized carbons (Fsp3) is 0.409. The van der Waals surface area contributed by atoms with E-state index in [0.717, 1.165) is 30.0 Å². The van der Waals surface area contributed by atoms with E-state index >= 15 is 0 Å². The van der Waals surface area contributed by atoms with Crippen molar-refractivity contribution < 1.29 is 13.2 Å². The molecule has 164 valence electrons. The number of rotatable bonds is 11. The lowest BCUT2D eigenvalue weighted by molar-refractivity contribution is -0.119. The molecule has 0 heterocycles. The molecule has 0 saturated heterocycles. The zero-order chi connectivity index (χ0) is 22.1. The third-order valence-corrected chi connectivity index (χ3v) is 7.19. The topological polar surface area (TPSA) is 66.5 Å². The van der Waals surface area contributed by atoms with Gasteiger partial charge in [0.1, 0.15) is 6.54 Å². The number of carbonyl (C=O) groups is 1. The molecule has 1 amide bonds. The highest BCUT2D eigenvalue weighted by Crippen LogP contribution is 2.26. The molecular formula is C22H28Cl2N2O3S. The van der Waals surface area contributed by atoms with Gasteiger partial charge in [0.2, 0.25) is 5.91 Å². The van der Waals surface area contributed by atoms with Crippen molar-refractivity contribution in [2.45, 2.75) is 44.4 Å². The maximum atomic E-state index is 13.3. The van der Waals surface area contributed by atoms with Gasteiger partial charge in [-0.15, -0.1) is 0 Å². The number of sulfonamides is 1. The zero-order valence-electron chi connectivity index (χ0n) is 17.3. The van der Waals surface area contributed by atoms with Gasteiger partial charge in [0.25, 0.3) is 10.0 Å². The van der Waals surface area contributed by atoms with E-state index in [9.17, 15) is 13.2 Å². The summed E-state index contributed by atoms with van der Waals surface area (Å²) in [4.78, 5) is 12.7. The maximum absolute atomic E-state index is 13.3. The highest BCUT2D eigenvalue weighted by atomic mass is 35.5. The molecule has 0 bridgehead atoms. The molecule has 8 heteroatoms. The maximum Gasteiger partial charge on any atom is 0.264 e. The molecule has 0 aromatic heterocycles. The Labute approximate surface area is 189 Å². The van der Waals surface area contributed by atoms with Gasteiger partial charge in [0.05, 0.1) is 10.6 Å². The molecule has 5 nitrogen and oxygen atoms in total. The standard InChI is InChI=1S/C22H28Cl2N2O3S/c1-3-5-7-17(4-2)15-25-22(27)16-26(20-9-6-8-19(24)14-20)30(28,29)21-12-10-18(23)11-13-21/h6,8-14,17H,3-5,7,15-16H2,1-2H3,(H,25,27). The van der Waals surface area contributed by atoms with Gasteiger partial charge in [0, 0.05) is 16.6 Å². The molecule has 0 radical (unpaired) electrons. The molecule has 1 unspecified atom stereocenters. The van der Waals surface area contributed by atoms with E-state index in [2.05, 4.69) is 19.2 Å². The molecule has 0 fully saturated rings. The van der Waals surface area contributed by atoms with Gasteiger partial charge in [-0.2, -0.15) is 0 Å². The molecule has 1 atom stereocenters. The van der Waals surface area contributed by atoms with E-state index in [0.29, 0.717) is 28.2 Å². The van der Waals surface area contributed by atoms with Gasteiger partial charge in [-0.25, -0.2) is 8.42 Å². The Morgan fingerprint density at radius 2 is 1.77 bits per heavy atom. The Hall–Kier alpha value is -1.76. The molecule has 0 aliphatic carbocycles. The van der Waals surface area contributed by atoms with Crippen LogP contribution in [-0.2, 0) is 14.8 Å². The zero-order valence-corrected chi connectivity index (χ0v) is 19.6. The molecule has 0 spiro atoms. The normalized spacial score (nSPS) is 12.4. The number of benzene rings is 2. The summed E-state index contributed by atoms with van der Waals surface area (Å²) in [5.74, 6) is 0.0175. The summed E-state index contributed by atoms with van der Waals surface area (Å²) in [5.41, 5.74) is 0.325. The number of anilines is 1. The Bertz CT molecular complexity index is 934. The first-order valence-corrected chi connectivity index (χ1v) is 12.3. The van der Waals surface area contributed by atoms with Gasteiger partial charge in [-0.3, -0.25) is 9.10 Å². The van der Waals surface area contributed by atoms with Crippen LogP contribution in [0.5, 0.6) is 0 Å². The van der Waals surface area contributed by atoms with Crippen LogP contribution in [0.4, 0.5) is 5.69 Å². The largest absolute Gasteiger partial charge is 0.354 e. The lowest BCUT2D eigenvalue weighted by Crippen LogP contribution is -2.42. The van der Waals surface area contributed by atoms with Crippen LogP contribution in [0.25, 0.3) is 0 Å². The number of hydrogen-bond acceptors (Lipinski definition) is 3. The third kappa shape index (κ3) is 6.89. The second kappa shape index (κ2) is 11.6. The van der Waals surface area contributed by atoms with Gasteiger partial charge >= 0.3 is 0 Å². The smallest absolute Gasteiger partial charge is 0.264 e. The average Bonchev–Trinajstić information content (AvgIpc) is 2.72. The molecule has 1 N–H and O–H groups in total. The van der Waals surface area contributed by atoms with E-state index in [4.69, 9.17) is 23.2 Å². The minimum Gasteiger partial charge on any atom is -0.354 e. The third-order valence-electron chi connectivity index (χ3n) is 4.92. The first kappa shape index (κ1) is 24.5. The van der Waals surface area contributed by atoms with Crippen LogP contribution in [0.3, 0.4) is 0 Å². The SMILES string of the molecule is CCCCC(CC)CNC(=O)CN(c1cccc(Cl)c1)S(=O)(=O)c1ccc(Cl)cc1. The van der Waals surface area contributed by atoms with E-state index in [1.807, 2.05) is 0 Å². The Morgan fingerprint density at radius 3 is 2.37 bits per heavy atom. The van der Waals surface area contributed by atoms with Crippen molar-refractivity contribution in [3.05, 3.63) is 58.6 Å². The highest BCUT2D eigenvalue weighted by molar-refractivity contribution is 7.92. The first-order valence-electron chi connectivity index (χ1n) is 10.1. The monoisotopic (exact) mass is 470 g/mol. The van der Waals surface area contributed by atoms with Crippen LogP contribution in [0, 0.1) is 5.92 Å². The van der Waals surface area contributed by atoms with Crippen LogP contribution < -0.4 is 9.62 Å². The summed E-state index contributed by atoms with van der Waals surface area (Å²) < 4.78 is 27.6. The van der Waals surface area contributed by atoms with Gasteiger partial charge < -0.3 is 5.32 Å². The number of nitrogens with zero attached hydrogens (tertiary/aromatic N) is 1. The van der Waals surface area contributed by atoms with E-state index < -0.39 is 10.0 Å². The molecule has 2 aromatic rings. The van der Waals surface area contributed by atoms with Gasteiger partial charge in [0.15, 0.2) is 0 Å². The van der Waals surface area contributed by atoms with Crippen molar-refractivity contribution in [2.24, 2.45) is 5.92 Å². The predicted molar refractivity (Wildman–Crippen MR) is 124 cm³/mol. The van der Waals surface area contributed by atoms with Crippen LogP contribution in [0.1, 0.15) is 39.5 Å². The second-order valence-electron chi connectivity index (χ2n) is 7.17. The van der Waals surface area contributed by atoms with Crippen molar-refractivity contribution in [1.82, 2.24) is 5.32 Å². The van der Waals surface area contributed by atoms with Crippen LogP contribution in [0.2, 0.25) is 10.0 Å². The summed E-state index contributed by atoms with van der Waals surface area (Å²) in [7, 11) is -3.99.